The highest BCUT2D eigenvalue weighted by molar-refractivity contribution is 6.03. The maximum Gasteiger partial charge on any atom is 0.339 e. The van der Waals surface area contributed by atoms with Crippen LogP contribution in [0.25, 0.3) is 0 Å². The molecule has 4 heteroatoms. The third-order valence-electron chi connectivity index (χ3n) is 4.47. The fourth-order valence-electron chi connectivity index (χ4n) is 2.70. The van der Waals surface area contributed by atoms with Crippen LogP contribution in [0.15, 0.2) is 24.3 Å². The molecule has 0 amide bonds. The third-order valence-corrected chi connectivity index (χ3v) is 4.47. The molecule has 1 aromatic rings. The van der Waals surface area contributed by atoms with Crippen molar-refractivity contribution in [3.05, 3.63) is 35.4 Å². The monoisotopic (exact) mass is 362 g/mol. The number of hydrogen-bond donors (Lipinski definition) is 0. The summed E-state index contributed by atoms with van der Waals surface area (Å²) in [6.45, 7) is 9.17. The van der Waals surface area contributed by atoms with Crippen LogP contribution in [0.5, 0.6) is 0 Å². The average Bonchev–Trinajstić information content (AvgIpc) is 2.66. The van der Waals surface area contributed by atoms with Gasteiger partial charge >= 0.3 is 11.9 Å². The van der Waals surface area contributed by atoms with Gasteiger partial charge in [0.25, 0.3) is 0 Å². The molecule has 0 saturated heterocycles. The summed E-state index contributed by atoms with van der Waals surface area (Å²) in [6, 6.07) is 6.71. The molecule has 1 aromatic carbocycles. The molecule has 1 rings (SSSR count). The van der Waals surface area contributed by atoms with Gasteiger partial charge in [-0.25, -0.2) is 9.59 Å². The highest BCUT2D eigenvalue weighted by Gasteiger charge is 2.20. The highest BCUT2D eigenvalue weighted by Crippen LogP contribution is 2.15. The lowest BCUT2D eigenvalue weighted by Gasteiger charge is -2.14. The molecular weight excluding hydrogens is 328 g/mol. The van der Waals surface area contributed by atoms with Gasteiger partial charge in [0, 0.05) is 0 Å². The Kier molecular flexibility index (Phi) is 10.7. The SMILES string of the molecule is CCCCC(C)COC(=O)c1ccccc1C(=O)OCC(C)CCCC. The third kappa shape index (κ3) is 8.03. The first-order valence-electron chi connectivity index (χ1n) is 9.92. The quantitative estimate of drug-likeness (QED) is 0.451. The van der Waals surface area contributed by atoms with Crippen LogP contribution in [0.1, 0.15) is 86.9 Å². The predicted octanol–water partition coefficient (Wildman–Crippen LogP) is 5.65. The number of carbonyl (C=O) groups excluding carboxylic acids is 2. The Morgan fingerprint density at radius 1 is 0.808 bits per heavy atom. The van der Waals surface area contributed by atoms with Crippen molar-refractivity contribution in [2.75, 3.05) is 13.2 Å². The number of carbonyl (C=O) groups is 2. The molecule has 0 aromatic heterocycles. The standard InChI is InChI=1S/C22H34O4/c1-5-7-11-17(3)15-25-21(23)19-13-9-10-14-20(19)22(24)26-16-18(4)12-8-6-2/h9-10,13-14,17-18H,5-8,11-12,15-16H2,1-4H3. The van der Waals surface area contributed by atoms with Gasteiger partial charge in [-0.15, -0.1) is 0 Å². The lowest BCUT2D eigenvalue weighted by molar-refractivity contribution is 0.0396. The van der Waals surface area contributed by atoms with E-state index in [1.807, 2.05) is 0 Å². The van der Waals surface area contributed by atoms with Crippen molar-refractivity contribution in [2.45, 2.75) is 66.2 Å². The van der Waals surface area contributed by atoms with Crippen LogP contribution in [0, 0.1) is 11.8 Å². The van der Waals surface area contributed by atoms with Crippen molar-refractivity contribution in [3.8, 4) is 0 Å². The van der Waals surface area contributed by atoms with E-state index in [1.54, 1.807) is 24.3 Å². The van der Waals surface area contributed by atoms with Crippen molar-refractivity contribution in [2.24, 2.45) is 11.8 Å². The Bertz CT molecular complexity index is 504. The maximum atomic E-state index is 12.4. The average molecular weight is 363 g/mol. The van der Waals surface area contributed by atoms with Crippen LogP contribution in [-0.2, 0) is 9.47 Å². The lowest BCUT2D eigenvalue weighted by Crippen LogP contribution is -2.18. The van der Waals surface area contributed by atoms with Crippen LogP contribution in [0.4, 0.5) is 0 Å². The minimum atomic E-state index is -0.458. The van der Waals surface area contributed by atoms with Crippen LogP contribution in [0.2, 0.25) is 0 Å². The van der Waals surface area contributed by atoms with Crippen molar-refractivity contribution in [3.63, 3.8) is 0 Å². The maximum absolute atomic E-state index is 12.4. The fraction of sp³-hybridized carbons (Fsp3) is 0.636. The zero-order chi connectivity index (χ0) is 19.4. The molecule has 0 saturated carbocycles. The molecule has 0 radical (unpaired) electrons. The van der Waals surface area contributed by atoms with E-state index >= 15 is 0 Å². The van der Waals surface area contributed by atoms with E-state index in [9.17, 15) is 9.59 Å². The molecule has 2 unspecified atom stereocenters. The van der Waals surface area contributed by atoms with Crippen LogP contribution >= 0.6 is 0 Å². The van der Waals surface area contributed by atoms with Gasteiger partial charge in [-0.05, 0) is 36.8 Å². The number of hydrogen-bond acceptors (Lipinski definition) is 4. The van der Waals surface area contributed by atoms with Crippen molar-refractivity contribution >= 4 is 11.9 Å². The summed E-state index contributed by atoms with van der Waals surface area (Å²) in [6.07, 6.45) is 6.56. The van der Waals surface area contributed by atoms with Crippen molar-refractivity contribution < 1.29 is 19.1 Å². The molecule has 0 aliphatic carbocycles. The Balaban J connectivity index is 2.62. The van der Waals surface area contributed by atoms with Gasteiger partial charge in [-0.1, -0.05) is 65.5 Å². The number of unbranched alkanes of at least 4 members (excludes halogenated alkanes) is 2. The Labute approximate surface area is 158 Å². The van der Waals surface area contributed by atoms with Gasteiger partial charge in [0.1, 0.15) is 0 Å². The predicted molar refractivity (Wildman–Crippen MR) is 104 cm³/mol. The topological polar surface area (TPSA) is 52.6 Å². The molecule has 26 heavy (non-hydrogen) atoms. The van der Waals surface area contributed by atoms with Gasteiger partial charge in [0.15, 0.2) is 0 Å². The second-order valence-corrected chi connectivity index (χ2v) is 7.24. The van der Waals surface area contributed by atoms with E-state index < -0.39 is 11.9 Å². The molecule has 0 spiro atoms. The molecule has 0 heterocycles. The van der Waals surface area contributed by atoms with Gasteiger partial charge in [0.2, 0.25) is 0 Å². The second-order valence-electron chi connectivity index (χ2n) is 7.24. The zero-order valence-electron chi connectivity index (χ0n) is 16.8. The zero-order valence-corrected chi connectivity index (χ0v) is 16.8. The first kappa shape index (κ1) is 22.2. The van der Waals surface area contributed by atoms with Gasteiger partial charge in [0.05, 0.1) is 24.3 Å². The molecule has 0 aliphatic rings. The van der Waals surface area contributed by atoms with E-state index in [2.05, 4.69) is 27.7 Å². The summed E-state index contributed by atoms with van der Waals surface area (Å²) in [5, 5.41) is 0. The molecular formula is C22H34O4. The highest BCUT2D eigenvalue weighted by atomic mass is 16.5. The Morgan fingerprint density at radius 2 is 1.19 bits per heavy atom. The molecule has 0 bridgehead atoms. The van der Waals surface area contributed by atoms with E-state index in [0.29, 0.717) is 25.0 Å². The van der Waals surface area contributed by atoms with Crippen LogP contribution in [0.3, 0.4) is 0 Å². The summed E-state index contributed by atoms with van der Waals surface area (Å²) in [7, 11) is 0. The lowest BCUT2D eigenvalue weighted by atomic mass is 10.0. The van der Waals surface area contributed by atoms with Crippen molar-refractivity contribution in [1.82, 2.24) is 0 Å². The molecule has 0 N–H and O–H groups in total. The Hall–Kier alpha value is -1.84. The number of esters is 2. The van der Waals surface area contributed by atoms with Gasteiger partial charge < -0.3 is 9.47 Å². The summed E-state index contributed by atoms with van der Waals surface area (Å²) in [5.74, 6) is -0.283. The Morgan fingerprint density at radius 3 is 1.54 bits per heavy atom. The smallest absolute Gasteiger partial charge is 0.339 e. The minimum Gasteiger partial charge on any atom is -0.462 e. The second kappa shape index (κ2) is 12.5. The number of ether oxygens (including phenoxy) is 2. The first-order valence-corrected chi connectivity index (χ1v) is 9.92. The molecule has 0 fully saturated rings. The van der Waals surface area contributed by atoms with Crippen molar-refractivity contribution in [1.29, 1.82) is 0 Å². The largest absolute Gasteiger partial charge is 0.462 e. The molecule has 146 valence electrons. The minimum absolute atomic E-state index is 0.279. The molecule has 2 atom stereocenters. The summed E-state index contributed by atoms with van der Waals surface area (Å²) in [4.78, 5) is 24.8. The van der Waals surface area contributed by atoms with E-state index in [-0.39, 0.29) is 11.1 Å². The summed E-state index contributed by atoms with van der Waals surface area (Å²) >= 11 is 0. The summed E-state index contributed by atoms with van der Waals surface area (Å²) in [5.41, 5.74) is 0.558. The van der Waals surface area contributed by atoms with E-state index in [1.165, 1.54) is 0 Å². The molecule has 0 aliphatic heterocycles. The van der Waals surface area contributed by atoms with Gasteiger partial charge in [-0.3, -0.25) is 0 Å². The number of rotatable bonds is 12. The van der Waals surface area contributed by atoms with E-state index in [4.69, 9.17) is 9.47 Å². The summed E-state index contributed by atoms with van der Waals surface area (Å²) < 4.78 is 10.8. The van der Waals surface area contributed by atoms with Gasteiger partial charge in [-0.2, -0.15) is 0 Å². The van der Waals surface area contributed by atoms with E-state index in [0.717, 1.165) is 38.5 Å². The van der Waals surface area contributed by atoms with Crippen LogP contribution in [-0.4, -0.2) is 25.2 Å². The normalized spacial score (nSPS) is 13.1. The molecule has 4 nitrogen and oxygen atoms in total. The van der Waals surface area contributed by atoms with Crippen LogP contribution < -0.4 is 0 Å². The fourth-order valence-corrected chi connectivity index (χ4v) is 2.70. The number of benzene rings is 1. The first-order chi connectivity index (χ1) is 12.5.